The molecule has 0 atom stereocenters. The fourth-order valence-electron chi connectivity index (χ4n) is 1.50. The zero-order valence-corrected chi connectivity index (χ0v) is 8.65. The largest absolute Gasteiger partial charge is 0.356 e. The summed E-state index contributed by atoms with van der Waals surface area (Å²) < 4.78 is 1.87. The summed E-state index contributed by atoms with van der Waals surface area (Å²) in [5.41, 5.74) is 0. The van der Waals surface area contributed by atoms with Crippen molar-refractivity contribution in [3.8, 4) is 0 Å². The molecule has 0 aliphatic carbocycles. The molecule has 2 N–H and O–H groups in total. The number of hydrogen-bond acceptors (Lipinski definition) is 3. The smallest absolute Gasteiger partial charge is 0.225 e. The Bertz CT molecular complexity index is 305. The Morgan fingerprint density at radius 1 is 1.60 bits per heavy atom. The highest BCUT2D eigenvalue weighted by atomic mass is 16.2. The molecular formula is C10H16N4O. The maximum absolute atomic E-state index is 11.4. The van der Waals surface area contributed by atoms with Gasteiger partial charge in [-0.25, -0.2) is 0 Å². The predicted molar refractivity (Wildman–Crippen MR) is 56.2 cm³/mol. The molecule has 0 spiro atoms. The van der Waals surface area contributed by atoms with Crippen LogP contribution in [0.2, 0.25) is 0 Å². The lowest BCUT2D eigenvalue weighted by molar-refractivity contribution is -0.126. The number of aromatic nitrogens is 2. The van der Waals surface area contributed by atoms with Gasteiger partial charge in [0.15, 0.2) is 0 Å². The summed E-state index contributed by atoms with van der Waals surface area (Å²) in [7, 11) is 0. The molecule has 1 aromatic rings. The van der Waals surface area contributed by atoms with Crippen LogP contribution in [-0.2, 0) is 11.3 Å². The van der Waals surface area contributed by atoms with E-state index in [2.05, 4.69) is 15.7 Å². The molecule has 0 unspecified atom stereocenters. The quantitative estimate of drug-likeness (QED) is 0.648. The first-order chi connectivity index (χ1) is 7.36. The van der Waals surface area contributed by atoms with Gasteiger partial charge in [0.1, 0.15) is 0 Å². The summed E-state index contributed by atoms with van der Waals surface area (Å²) in [6, 6.07) is 1.90. The van der Waals surface area contributed by atoms with Gasteiger partial charge in [0.2, 0.25) is 5.91 Å². The number of carbonyl (C=O) groups excluding carboxylic acids is 1. The number of nitrogens with zero attached hydrogens (tertiary/aromatic N) is 2. The summed E-state index contributed by atoms with van der Waals surface area (Å²) in [5, 5.41) is 10.1. The molecule has 1 saturated heterocycles. The minimum Gasteiger partial charge on any atom is -0.356 e. The van der Waals surface area contributed by atoms with Crippen LogP contribution in [0.5, 0.6) is 0 Å². The zero-order valence-electron chi connectivity index (χ0n) is 8.65. The van der Waals surface area contributed by atoms with Crippen molar-refractivity contribution in [1.82, 2.24) is 20.4 Å². The van der Waals surface area contributed by atoms with E-state index in [9.17, 15) is 4.79 Å². The first-order valence-electron chi connectivity index (χ1n) is 5.32. The van der Waals surface area contributed by atoms with Gasteiger partial charge < -0.3 is 10.6 Å². The van der Waals surface area contributed by atoms with Crippen molar-refractivity contribution in [3.63, 3.8) is 0 Å². The molecule has 1 amide bonds. The van der Waals surface area contributed by atoms with Gasteiger partial charge in [-0.15, -0.1) is 0 Å². The van der Waals surface area contributed by atoms with Gasteiger partial charge in [0.25, 0.3) is 0 Å². The van der Waals surface area contributed by atoms with Crippen molar-refractivity contribution in [3.05, 3.63) is 18.5 Å². The maximum atomic E-state index is 11.4. The van der Waals surface area contributed by atoms with E-state index in [4.69, 9.17) is 0 Å². The van der Waals surface area contributed by atoms with E-state index in [-0.39, 0.29) is 11.8 Å². The van der Waals surface area contributed by atoms with Gasteiger partial charge in [-0.2, -0.15) is 5.10 Å². The van der Waals surface area contributed by atoms with E-state index in [0.717, 1.165) is 32.6 Å². The van der Waals surface area contributed by atoms with Crippen LogP contribution in [0.1, 0.15) is 6.42 Å². The number of hydrogen-bond donors (Lipinski definition) is 2. The summed E-state index contributed by atoms with van der Waals surface area (Å²) in [5.74, 6) is 0.365. The van der Waals surface area contributed by atoms with Crippen LogP contribution in [0.15, 0.2) is 18.5 Å². The van der Waals surface area contributed by atoms with E-state index >= 15 is 0 Å². The van der Waals surface area contributed by atoms with Crippen molar-refractivity contribution >= 4 is 5.91 Å². The third-order valence-electron chi connectivity index (χ3n) is 2.57. The van der Waals surface area contributed by atoms with Crippen LogP contribution in [0.4, 0.5) is 0 Å². The number of rotatable bonds is 5. The molecule has 1 aliphatic heterocycles. The molecule has 15 heavy (non-hydrogen) atoms. The lowest BCUT2D eigenvalue weighted by Gasteiger charge is -2.25. The summed E-state index contributed by atoms with van der Waals surface area (Å²) in [6.45, 7) is 3.24. The second-order valence-corrected chi connectivity index (χ2v) is 3.77. The molecule has 0 aromatic carbocycles. The molecule has 0 bridgehead atoms. The monoisotopic (exact) mass is 208 g/mol. The Balaban J connectivity index is 1.56. The fraction of sp³-hybridized carbons (Fsp3) is 0.600. The molecule has 1 aromatic heterocycles. The fourth-order valence-corrected chi connectivity index (χ4v) is 1.50. The molecular weight excluding hydrogens is 192 g/mol. The van der Waals surface area contributed by atoms with E-state index in [1.54, 1.807) is 6.20 Å². The topological polar surface area (TPSA) is 59.0 Å². The molecule has 0 radical (unpaired) electrons. The Kier molecular flexibility index (Phi) is 3.34. The van der Waals surface area contributed by atoms with Gasteiger partial charge in [-0.1, -0.05) is 0 Å². The van der Waals surface area contributed by atoms with Gasteiger partial charge >= 0.3 is 0 Å². The highest BCUT2D eigenvalue weighted by Gasteiger charge is 2.23. The van der Waals surface area contributed by atoms with Crippen LogP contribution in [0.25, 0.3) is 0 Å². The highest BCUT2D eigenvalue weighted by Crippen LogP contribution is 2.01. The first kappa shape index (κ1) is 10.2. The van der Waals surface area contributed by atoms with Gasteiger partial charge in [0.05, 0.1) is 5.92 Å². The Morgan fingerprint density at radius 2 is 2.47 bits per heavy atom. The maximum Gasteiger partial charge on any atom is 0.225 e. The zero-order chi connectivity index (χ0) is 10.5. The number of amides is 1. The number of carbonyl (C=O) groups is 1. The van der Waals surface area contributed by atoms with E-state index < -0.39 is 0 Å². The normalized spacial score (nSPS) is 16.0. The first-order valence-corrected chi connectivity index (χ1v) is 5.32. The third-order valence-corrected chi connectivity index (χ3v) is 2.57. The van der Waals surface area contributed by atoms with Crippen molar-refractivity contribution in [2.45, 2.75) is 13.0 Å². The number of nitrogens with one attached hydrogen (secondary N) is 2. The van der Waals surface area contributed by atoms with Crippen molar-refractivity contribution in [1.29, 1.82) is 0 Å². The standard InChI is InChI=1S/C10H16N4O/c15-10(9-7-11-8-9)12-3-1-5-14-6-2-4-13-14/h2,4,6,9,11H,1,3,5,7-8H2,(H,12,15). The van der Waals surface area contributed by atoms with Gasteiger partial charge in [-0.3, -0.25) is 9.48 Å². The van der Waals surface area contributed by atoms with Crippen LogP contribution < -0.4 is 10.6 Å². The van der Waals surface area contributed by atoms with E-state index in [1.165, 1.54) is 0 Å². The van der Waals surface area contributed by atoms with Gasteiger partial charge in [0, 0.05) is 38.6 Å². The Hall–Kier alpha value is -1.36. The molecule has 5 nitrogen and oxygen atoms in total. The molecule has 82 valence electrons. The van der Waals surface area contributed by atoms with Crippen molar-refractivity contribution in [2.75, 3.05) is 19.6 Å². The average molecular weight is 208 g/mol. The molecule has 5 heteroatoms. The van der Waals surface area contributed by atoms with Crippen LogP contribution >= 0.6 is 0 Å². The van der Waals surface area contributed by atoms with Crippen LogP contribution in [0.3, 0.4) is 0 Å². The minimum absolute atomic E-state index is 0.175. The lowest BCUT2D eigenvalue weighted by Crippen LogP contribution is -2.50. The van der Waals surface area contributed by atoms with Crippen LogP contribution in [0, 0.1) is 5.92 Å². The molecule has 0 saturated carbocycles. The Labute approximate surface area is 88.8 Å². The summed E-state index contributed by atoms with van der Waals surface area (Å²) >= 11 is 0. The molecule has 1 fully saturated rings. The highest BCUT2D eigenvalue weighted by molar-refractivity contribution is 5.79. The van der Waals surface area contributed by atoms with Crippen molar-refractivity contribution < 1.29 is 4.79 Å². The third kappa shape index (κ3) is 2.79. The van der Waals surface area contributed by atoms with E-state index in [0.29, 0.717) is 0 Å². The molecule has 2 rings (SSSR count). The molecule has 1 aliphatic rings. The SMILES string of the molecule is O=C(NCCCn1cccn1)C1CNC1. The second-order valence-electron chi connectivity index (χ2n) is 3.77. The molecule has 2 heterocycles. The average Bonchev–Trinajstić information content (AvgIpc) is 2.62. The lowest BCUT2D eigenvalue weighted by atomic mass is 10.0. The van der Waals surface area contributed by atoms with Crippen LogP contribution in [-0.4, -0.2) is 35.3 Å². The van der Waals surface area contributed by atoms with Crippen molar-refractivity contribution in [2.24, 2.45) is 5.92 Å². The van der Waals surface area contributed by atoms with Gasteiger partial charge in [-0.05, 0) is 12.5 Å². The number of aryl methyl sites for hydroxylation is 1. The second kappa shape index (κ2) is 4.93. The summed E-state index contributed by atoms with van der Waals surface area (Å²) in [4.78, 5) is 11.4. The predicted octanol–water partition coefficient (Wildman–Crippen LogP) is -0.391. The minimum atomic E-state index is 0.175. The Morgan fingerprint density at radius 3 is 3.07 bits per heavy atom. The van der Waals surface area contributed by atoms with E-state index in [1.807, 2.05) is 16.9 Å². The summed E-state index contributed by atoms with van der Waals surface area (Å²) in [6.07, 6.45) is 4.61.